The minimum absolute atomic E-state index is 0.666. The molecule has 2 aromatic carbocycles. The second-order valence-corrected chi connectivity index (χ2v) is 7.31. The van der Waals surface area contributed by atoms with Gasteiger partial charge in [0.1, 0.15) is 17.0 Å². The summed E-state index contributed by atoms with van der Waals surface area (Å²) in [7, 11) is 2.01. The lowest BCUT2D eigenvalue weighted by atomic mass is 10.2. The summed E-state index contributed by atoms with van der Waals surface area (Å²) in [5, 5.41) is 9.77. The molecule has 3 aromatic rings. The van der Waals surface area contributed by atoms with Gasteiger partial charge in [-0.05, 0) is 73.1 Å². The lowest BCUT2D eigenvalue weighted by molar-refractivity contribution is -0.627. The Hall–Kier alpha value is -2.47. The summed E-state index contributed by atoms with van der Waals surface area (Å²) < 4.78 is 8.80. The molecular formula is C21H27N4OS+. The van der Waals surface area contributed by atoms with Gasteiger partial charge in [0.15, 0.2) is 0 Å². The van der Waals surface area contributed by atoms with Crippen molar-refractivity contribution in [3.8, 4) is 5.75 Å². The van der Waals surface area contributed by atoms with E-state index in [0.717, 1.165) is 46.3 Å². The van der Waals surface area contributed by atoms with E-state index in [2.05, 4.69) is 57.8 Å². The van der Waals surface area contributed by atoms with Crippen LogP contribution in [0.1, 0.15) is 27.2 Å². The number of anilines is 1. The zero-order valence-corrected chi connectivity index (χ0v) is 17.3. The van der Waals surface area contributed by atoms with E-state index < -0.39 is 0 Å². The maximum absolute atomic E-state index is 5.59. The van der Waals surface area contributed by atoms with Gasteiger partial charge in [0.05, 0.1) is 23.5 Å². The summed E-state index contributed by atoms with van der Waals surface area (Å²) in [6.07, 6.45) is 1.14. The molecule has 0 radical (unpaired) electrons. The Kier molecular flexibility index (Phi) is 6.40. The average molecular weight is 384 g/mol. The Morgan fingerprint density at radius 3 is 2.48 bits per heavy atom. The van der Waals surface area contributed by atoms with Crippen LogP contribution >= 0.6 is 11.3 Å². The van der Waals surface area contributed by atoms with Crippen LogP contribution in [-0.2, 0) is 7.05 Å². The normalized spacial score (nSPS) is 11.4. The maximum atomic E-state index is 5.59. The van der Waals surface area contributed by atoms with Gasteiger partial charge in [0.2, 0.25) is 0 Å². The first-order valence-electron chi connectivity index (χ1n) is 9.48. The number of aromatic nitrogens is 1. The van der Waals surface area contributed by atoms with E-state index in [1.807, 2.05) is 32.2 Å². The van der Waals surface area contributed by atoms with Crippen LogP contribution in [-0.4, -0.2) is 19.7 Å². The fraction of sp³-hybridized carbons (Fsp3) is 0.381. The molecule has 0 saturated heterocycles. The number of fused-ring (bicyclic) bond motifs is 1. The van der Waals surface area contributed by atoms with Crippen molar-refractivity contribution in [2.75, 3.05) is 24.6 Å². The molecule has 0 bridgehead atoms. The van der Waals surface area contributed by atoms with Crippen molar-refractivity contribution >= 4 is 38.1 Å². The van der Waals surface area contributed by atoms with Gasteiger partial charge < -0.3 is 9.64 Å². The number of aryl methyl sites for hydroxylation is 1. The molecular weight excluding hydrogens is 356 g/mol. The van der Waals surface area contributed by atoms with E-state index in [-0.39, 0.29) is 0 Å². The van der Waals surface area contributed by atoms with E-state index >= 15 is 0 Å². The molecule has 1 heterocycles. The highest BCUT2D eigenvalue weighted by Crippen LogP contribution is 2.30. The molecule has 0 atom stereocenters. The lowest BCUT2D eigenvalue weighted by Crippen LogP contribution is -2.25. The SMILES string of the molecule is CCCN(CC)c1ccc(N=Nc2sc3cc(OCC)ccc3[n+]2C)cc1. The van der Waals surface area contributed by atoms with Gasteiger partial charge in [-0.3, -0.25) is 0 Å². The van der Waals surface area contributed by atoms with Crippen molar-refractivity contribution in [1.82, 2.24) is 0 Å². The zero-order valence-electron chi connectivity index (χ0n) is 16.5. The molecule has 0 aliphatic rings. The third-order valence-electron chi connectivity index (χ3n) is 4.43. The Morgan fingerprint density at radius 2 is 1.81 bits per heavy atom. The smallest absolute Gasteiger partial charge is 0.409 e. The summed E-state index contributed by atoms with van der Waals surface area (Å²) in [5.74, 6) is 0.887. The van der Waals surface area contributed by atoms with Crippen LogP contribution in [0.5, 0.6) is 5.75 Å². The molecule has 0 N–H and O–H groups in total. The first-order valence-corrected chi connectivity index (χ1v) is 10.3. The molecule has 0 amide bonds. The quantitative estimate of drug-likeness (QED) is 0.366. The fourth-order valence-corrected chi connectivity index (χ4v) is 4.04. The maximum Gasteiger partial charge on any atom is 0.409 e. The predicted octanol–water partition coefficient (Wildman–Crippen LogP) is 5.78. The van der Waals surface area contributed by atoms with Crippen LogP contribution in [0.4, 0.5) is 16.5 Å². The molecule has 0 spiro atoms. The molecule has 0 aliphatic carbocycles. The highest BCUT2D eigenvalue weighted by Gasteiger charge is 2.16. The Balaban J connectivity index is 1.80. The summed E-state index contributed by atoms with van der Waals surface area (Å²) in [4.78, 5) is 2.36. The molecule has 3 rings (SSSR count). The standard InChI is InChI=1S/C21H27N4OS/c1-5-14-25(6-2)17-10-8-16(9-11-17)22-23-21-24(4)19-13-12-18(26-7-3)15-20(19)27-21/h8-13,15H,5-7,14H2,1-4H3/q+1. The van der Waals surface area contributed by atoms with E-state index in [1.165, 1.54) is 5.69 Å². The summed E-state index contributed by atoms with van der Waals surface area (Å²) in [5.41, 5.74) is 3.22. The van der Waals surface area contributed by atoms with Crippen molar-refractivity contribution in [3.05, 3.63) is 42.5 Å². The monoisotopic (exact) mass is 383 g/mol. The number of ether oxygens (including phenoxy) is 1. The van der Waals surface area contributed by atoms with Gasteiger partial charge in [0, 0.05) is 24.8 Å². The van der Waals surface area contributed by atoms with Crippen molar-refractivity contribution in [2.45, 2.75) is 27.2 Å². The van der Waals surface area contributed by atoms with Gasteiger partial charge in [0.25, 0.3) is 0 Å². The van der Waals surface area contributed by atoms with Crippen molar-refractivity contribution in [3.63, 3.8) is 0 Å². The van der Waals surface area contributed by atoms with E-state index in [4.69, 9.17) is 4.74 Å². The number of hydrogen-bond acceptors (Lipinski definition) is 5. The molecule has 5 nitrogen and oxygen atoms in total. The molecule has 0 aliphatic heterocycles. The van der Waals surface area contributed by atoms with E-state index in [0.29, 0.717) is 6.61 Å². The summed E-state index contributed by atoms with van der Waals surface area (Å²) >= 11 is 1.62. The molecule has 0 saturated carbocycles. The molecule has 1 aromatic heterocycles. The Morgan fingerprint density at radius 1 is 1.04 bits per heavy atom. The largest absolute Gasteiger partial charge is 0.494 e. The third-order valence-corrected chi connectivity index (χ3v) is 5.52. The van der Waals surface area contributed by atoms with Gasteiger partial charge in [-0.25, -0.2) is 4.57 Å². The first kappa shape index (κ1) is 19.3. The molecule has 6 heteroatoms. The number of rotatable bonds is 8. The Bertz CT molecular complexity index is 918. The number of benzene rings is 2. The van der Waals surface area contributed by atoms with Crippen molar-refractivity contribution in [2.24, 2.45) is 17.3 Å². The molecule has 27 heavy (non-hydrogen) atoms. The second kappa shape index (κ2) is 8.95. The van der Waals surface area contributed by atoms with Gasteiger partial charge >= 0.3 is 5.13 Å². The highest BCUT2D eigenvalue weighted by atomic mass is 32.1. The van der Waals surface area contributed by atoms with E-state index in [1.54, 1.807) is 11.3 Å². The second-order valence-electron chi connectivity index (χ2n) is 6.30. The minimum Gasteiger partial charge on any atom is -0.494 e. The topological polar surface area (TPSA) is 41.1 Å². The van der Waals surface area contributed by atoms with E-state index in [9.17, 15) is 0 Å². The predicted molar refractivity (Wildman–Crippen MR) is 113 cm³/mol. The number of azo groups is 1. The van der Waals surface area contributed by atoms with Gasteiger partial charge in [-0.2, -0.15) is 0 Å². The Labute approximate surface area is 164 Å². The number of thiazole rings is 1. The summed E-state index contributed by atoms with van der Waals surface area (Å²) in [6, 6.07) is 14.4. The van der Waals surface area contributed by atoms with Gasteiger partial charge in [-0.1, -0.05) is 6.92 Å². The van der Waals surface area contributed by atoms with Crippen LogP contribution in [0.15, 0.2) is 52.7 Å². The molecule has 0 fully saturated rings. The third kappa shape index (κ3) is 4.45. The van der Waals surface area contributed by atoms with Gasteiger partial charge in [-0.15, -0.1) is 0 Å². The molecule has 0 unspecified atom stereocenters. The lowest BCUT2D eigenvalue weighted by Gasteiger charge is -2.22. The summed E-state index contributed by atoms with van der Waals surface area (Å²) in [6.45, 7) is 9.12. The van der Waals surface area contributed by atoms with Crippen molar-refractivity contribution < 1.29 is 9.30 Å². The minimum atomic E-state index is 0.666. The highest BCUT2D eigenvalue weighted by molar-refractivity contribution is 7.21. The molecule has 142 valence electrons. The van der Waals surface area contributed by atoms with Crippen LogP contribution in [0, 0.1) is 0 Å². The zero-order chi connectivity index (χ0) is 19.2. The first-order chi connectivity index (χ1) is 13.2. The van der Waals surface area contributed by atoms with Crippen molar-refractivity contribution in [1.29, 1.82) is 0 Å². The number of nitrogens with zero attached hydrogens (tertiary/aromatic N) is 4. The van der Waals surface area contributed by atoms with Crippen LogP contribution in [0.2, 0.25) is 0 Å². The van der Waals surface area contributed by atoms with Crippen LogP contribution in [0.25, 0.3) is 10.2 Å². The van der Waals surface area contributed by atoms with Crippen LogP contribution < -0.4 is 14.2 Å². The fourth-order valence-electron chi connectivity index (χ4n) is 3.04. The van der Waals surface area contributed by atoms with Crippen LogP contribution in [0.3, 0.4) is 0 Å². The number of hydrogen-bond donors (Lipinski definition) is 0. The average Bonchev–Trinajstić information content (AvgIpc) is 3.00.